The number of benzene rings is 1. The van der Waals surface area contributed by atoms with E-state index in [1.807, 2.05) is 17.9 Å². The van der Waals surface area contributed by atoms with Crippen LogP contribution in [-0.4, -0.2) is 42.6 Å². The zero-order valence-corrected chi connectivity index (χ0v) is 13.9. The molecule has 2 aliphatic heterocycles. The first-order valence-corrected chi connectivity index (χ1v) is 8.26. The normalized spacial score (nSPS) is 24.0. The van der Waals surface area contributed by atoms with Gasteiger partial charge in [-0.1, -0.05) is 11.6 Å². The first-order valence-electron chi connectivity index (χ1n) is 7.88. The summed E-state index contributed by atoms with van der Waals surface area (Å²) in [5, 5.41) is 0.492. The summed E-state index contributed by atoms with van der Waals surface area (Å²) < 4.78 is 11.0. The molecule has 0 bridgehead atoms. The SMILES string of the molecule is CC1CC(N)CCN1C(=O)C=Cc1cc(Cl)c2c(c1)OCCO2. The number of rotatable bonds is 2. The molecule has 0 saturated carbocycles. The van der Waals surface area contributed by atoms with Crippen LogP contribution in [0.25, 0.3) is 6.08 Å². The summed E-state index contributed by atoms with van der Waals surface area (Å²) in [4.78, 5) is 14.2. The highest BCUT2D eigenvalue weighted by molar-refractivity contribution is 6.32. The molecular formula is C17H21ClN2O3. The van der Waals surface area contributed by atoms with Gasteiger partial charge in [-0.05, 0) is 43.5 Å². The molecule has 1 fully saturated rings. The highest BCUT2D eigenvalue weighted by Crippen LogP contribution is 2.38. The number of fused-ring (bicyclic) bond motifs is 1. The van der Waals surface area contributed by atoms with Crippen molar-refractivity contribution in [2.75, 3.05) is 19.8 Å². The number of nitrogens with zero attached hydrogens (tertiary/aromatic N) is 1. The predicted octanol–water partition coefficient (Wildman–Crippen LogP) is 2.46. The highest BCUT2D eigenvalue weighted by atomic mass is 35.5. The molecule has 2 N–H and O–H groups in total. The van der Waals surface area contributed by atoms with E-state index < -0.39 is 0 Å². The second-order valence-corrected chi connectivity index (χ2v) is 6.43. The van der Waals surface area contributed by atoms with E-state index in [9.17, 15) is 4.79 Å². The molecule has 2 heterocycles. The average Bonchev–Trinajstić information content (AvgIpc) is 2.53. The summed E-state index contributed by atoms with van der Waals surface area (Å²) in [5.41, 5.74) is 6.75. The van der Waals surface area contributed by atoms with Crippen molar-refractivity contribution in [1.29, 1.82) is 0 Å². The molecule has 1 aromatic rings. The van der Waals surface area contributed by atoms with Crippen LogP contribution in [0.3, 0.4) is 0 Å². The lowest BCUT2D eigenvalue weighted by molar-refractivity contribution is -0.129. The molecule has 2 atom stereocenters. The third-order valence-electron chi connectivity index (χ3n) is 4.24. The number of piperidine rings is 1. The van der Waals surface area contributed by atoms with E-state index in [-0.39, 0.29) is 18.0 Å². The minimum atomic E-state index is -0.00425. The Bertz CT molecular complexity index is 633. The van der Waals surface area contributed by atoms with Gasteiger partial charge in [0.05, 0.1) is 5.02 Å². The number of amides is 1. The molecule has 1 saturated heterocycles. The maximum Gasteiger partial charge on any atom is 0.246 e. The Labute approximate surface area is 141 Å². The molecular weight excluding hydrogens is 316 g/mol. The lowest BCUT2D eigenvalue weighted by Gasteiger charge is -2.35. The smallest absolute Gasteiger partial charge is 0.246 e. The van der Waals surface area contributed by atoms with Crippen molar-refractivity contribution in [2.45, 2.75) is 31.8 Å². The minimum absolute atomic E-state index is 0.00425. The Balaban J connectivity index is 1.72. The molecule has 1 amide bonds. The average molecular weight is 337 g/mol. The molecule has 6 heteroatoms. The van der Waals surface area contributed by atoms with Crippen LogP contribution in [0.15, 0.2) is 18.2 Å². The number of carbonyl (C=O) groups is 1. The fraction of sp³-hybridized carbons (Fsp3) is 0.471. The molecule has 3 rings (SSSR count). The van der Waals surface area contributed by atoms with Crippen LogP contribution in [0, 0.1) is 0 Å². The van der Waals surface area contributed by atoms with Crippen LogP contribution >= 0.6 is 11.6 Å². The number of nitrogens with two attached hydrogens (primary N) is 1. The van der Waals surface area contributed by atoms with Gasteiger partial charge in [0, 0.05) is 24.7 Å². The van der Waals surface area contributed by atoms with Crippen molar-refractivity contribution >= 4 is 23.6 Å². The Hall–Kier alpha value is -1.72. The minimum Gasteiger partial charge on any atom is -0.486 e. The zero-order chi connectivity index (χ0) is 16.4. The number of carbonyl (C=O) groups excluding carboxylic acids is 1. The lowest BCUT2D eigenvalue weighted by atomic mass is 9.99. The molecule has 0 aliphatic carbocycles. The van der Waals surface area contributed by atoms with Gasteiger partial charge in [-0.3, -0.25) is 4.79 Å². The molecule has 124 valence electrons. The molecule has 2 unspecified atom stereocenters. The third-order valence-corrected chi connectivity index (χ3v) is 4.52. The first kappa shape index (κ1) is 16.1. The third kappa shape index (κ3) is 3.62. The summed E-state index contributed by atoms with van der Waals surface area (Å²) in [5.74, 6) is 1.18. The van der Waals surface area contributed by atoms with Crippen LogP contribution in [-0.2, 0) is 4.79 Å². The first-order chi connectivity index (χ1) is 11.0. The van der Waals surface area contributed by atoms with Gasteiger partial charge in [-0.2, -0.15) is 0 Å². The Morgan fingerprint density at radius 3 is 2.96 bits per heavy atom. The van der Waals surface area contributed by atoms with Crippen LogP contribution in [0.2, 0.25) is 5.02 Å². The van der Waals surface area contributed by atoms with Crippen LogP contribution < -0.4 is 15.2 Å². The van der Waals surface area contributed by atoms with Crippen molar-refractivity contribution in [2.24, 2.45) is 5.73 Å². The standard InChI is InChI=1S/C17H21ClN2O3/c1-11-8-13(19)4-5-20(11)16(21)3-2-12-9-14(18)17-15(10-12)22-6-7-23-17/h2-3,9-11,13H,4-8,19H2,1H3. The maximum absolute atomic E-state index is 12.4. The van der Waals surface area contributed by atoms with E-state index in [2.05, 4.69) is 0 Å². The Kier molecular flexibility index (Phi) is 4.78. The molecule has 5 nitrogen and oxygen atoms in total. The number of hydrogen-bond acceptors (Lipinski definition) is 4. The van der Waals surface area contributed by atoms with E-state index in [0.29, 0.717) is 36.3 Å². The van der Waals surface area contributed by atoms with Crippen molar-refractivity contribution in [3.63, 3.8) is 0 Å². The number of ether oxygens (including phenoxy) is 2. The van der Waals surface area contributed by atoms with Crippen LogP contribution in [0.4, 0.5) is 0 Å². The fourth-order valence-corrected chi connectivity index (χ4v) is 3.30. The van der Waals surface area contributed by atoms with E-state index in [4.69, 9.17) is 26.8 Å². The van der Waals surface area contributed by atoms with Gasteiger partial charge in [0.2, 0.25) is 5.91 Å². The second kappa shape index (κ2) is 6.81. The zero-order valence-electron chi connectivity index (χ0n) is 13.1. The van der Waals surface area contributed by atoms with Gasteiger partial charge >= 0.3 is 0 Å². The Morgan fingerprint density at radius 1 is 1.39 bits per heavy atom. The van der Waals surface area contributed by atoms with E-state index in [0.717, 1.165) is 18.4 Å². The number of likely N-dealkylation sites (tertiary alicyclic amines) is 1. The molecule has 2 aliphatic rings. The summed E-state index contributed by atoms with van der Waals surface area (Å²) >= 11 is 6.20. The van der Waals surface area contributed by atoms with Crippen LogP contribution in [0.1, 0.15) is 25.3 Å². The second-order valence-electron chi connectivity index (χ2n) is 6.03. The Morgan fingerprint density at radius 2 is 2.17 bits per heavy atom. The van der Waals surface area contributed by atoms with E-state index in [1.165, 1.54) is 0 Å². The van der Waals surface area contributed by atoms with Gasteiger partial charge in [0.1, 0.15) is 13.2 Å². The number of hydrogen-bond donors (Lipinski definition) is 1. The highest BCUT2D eigenvalue weighted by Gasteiger charge is 2.25. The van der Waals surface area contributed by atoms with Gasteiger partial charge < -0.3 is 20.1 Å². The van der Waals surface area contributed by atoms with Gasteiger partial charge in [-0.15, -0.1) is 0 Å². The molecule has 0 spiro atoms. The molecule has 1 aromatic carbocycles. The van der Waals surface area contributed by atoms with Gasteiger partial charge in [0.25, 0.3) is 0 Å². The topological polar surface area (TPSA) is 64.8 Å². The summed E-state index contributed by atoms with van der Waals surface area (Å²) in [6.45, 7) is 3.73. The molecule has 0 radical (unpaired) electrons. The predicted molar refractivity (Wildman–Crippen MR) is 89.9 cm³/mol. The maximum atomic E-state index is 12.4. The van der Waals surface area contributed by atoms with Crippen molar-refractivity contribution in [3.8, 4) is 11.5 Å². The van der Waals surface area contributed by atoms with Crippen molar-refractivity contribution in [1.82, 2.24) is 4.90 Å². The molecule has 0 aromatic heterocycles. The number of halogens is 1. The lowest BCUT2D eigenvalue weighted by Crippen LogP contribution is -2.47. The quantitative estimate of drug-likeness (QED) is 0.843. The summed E-state index contributed by atoms with van der Waals surface area (Å²) in [6.07, 6.45) is 5.03. The van der Waals surface area contributed by atoms with Gasteiger partial charge in [-0.25, -0.2) is 0 Å². The summed E-state index contributed by atoms with van der Waals surface area (Å²) in [6, 6.07) is 3.96. The fourth-order valence-electron chi connectivity index (χ4n) is 3.03. The van der Waals surface area contributed by atoms with E-state index >= 15 is 0 Å². The van der Waals surface area contributed by atoms with Crippen LogP contribution in [0.5, 0.6) is 11.5 Å². The molecule has 23 heavy (non-hydrogen) atoms. The van der Waals surface area contributed by atoms with Crippen molar-refractivity contribution < 1.29 is 14.3 Å². The summed E-state index contributed by atoms with van der Waals surface area (Å²) in [7, 11) is 0. The van der Waals surface area contributed by atoms with Crippen molar-refractivity contribution in [3.05, 3.63) is 28.8 Å². The van der Waals surface area contributed by atoms with Gasteiger partial charge in [0.15, 0.2) is 11.5 Å². The largest absolute Gasteiger partial charge is 0.486 e. The monoisotopic (exact) mass is 336 g/mol. The van der Waals surface area contributed by atoms with E-state index in [1.54, 1.807) is 18.2 Å².